The zero-order valence-electron chi connectivity index (χ0n) is 7.89. The zero-order chi connectivity index (χ0) is 8.85. The summed E-state index contributed by atoms with van der Waals surface area (Å²) in [7, 11) is 4.01. The van der Waals surface area contributed by atoms with Gasteiger partial charge < -0.3 is 4.90 Å². The summed E-state index contributed by atoms with van der Waals surface area (Å²) in [5.41, 5.74) is 2.43. The average molecular weight is 151 g/mol. The van der Waals surface area contributed by atoms with Crippen molar-refractivity contribution in [3.63, 3.8) is 0 Å². The van der Waals surface area contributed by atoms with Gasteiger partial charge in [-0.15, -0.1) is 0 Å². The molecule has 0 aliphatic heterocycles. The van der Waals surface area contributed by atoms with Gasteiger partial charge in [0.1, 0.15) is 0 Å². The number of nitrogens with zero attached hydrogens (tertiary/aromatic N) is 1. The molecule has 0 aliphatic carbocycles. The standard InChI is InChI=1S/C10H17N/c1-6-10(11(4)5)8-7-9(2)3/h6-8H,1H2,2-5H3/b10-8+. The van der Waals surface area contributed by atoms with Crippen LogP contribution in [-0.4, -0.2) is 19.0 Å². The van der Waals surface area contributed by atoms with Gasteiger partial charge in [-0.25, -0.2) is 0 Å². The van der Waals surface area contributed by atoms with Crippen molar-refractivity contribution in [2.75, 3.05) is 14.1 Å². The van der Waals surface area contributed by atoms with Gasteiger partial charge in [-0.2, -0.15) is 0 Å². The van der Waals surface area contributed by atoms with Crippen LogP contribution in [0.15, 0.2) is 36.1 Å². The number of hydrogen-bond acceptors (Lipinski definition) is 1. The molecule has 62 valence electrons. The molecule has 0 spiro atoms. The van der Waals surface area contributed by atoms with Gasteiger partial charge in [0.15, 0.2) is 0 Å². The van der Waals surface area contributed by atoms with E-state index >= 15 is 0 Å². The maximum absolute atomic E-state index is 3.72. The van der Waals surface area contributed by atoms with E-state index in [0.717, 1.165) is 5.70 Å². The summed E-state index contributed by atoms with van der Waals surface area (Å²) in [5, 5.41) is 0. The third kappa shape index (κ3) is 4.43. The minimum absolute atomic E-state index is 1.13. The summed E-state index contributed by atoms with van der Waals surface area (Å²) in [4.78, 5) is 2.03. The SMILES string of the molecule is C=C/C(=C\C=C(C)C)N(C)C. The predicted octanol–water partition coefficient (Wildman–Crippen LogP) is 2.58. The second-order valence-corrected chi connectivity index (χ2v) is 2.93. The number of allylic oxidation sites excluding steroid dienone is 4. The maximum Gasteiger partial charge on any atom is 0.0355 e. The van der Waals surface area contributed by atoms with Crippen molar-refractivity contribution >= 4 is 0 Å². The maximum atomic E-state index is 3.72. The first-order chi connectivity index (χ1) is 5.07. The van der Waals surface area contributed by atoms with E-state index < -0.39 is 0 Å². The van der Waals surface area contributed by atoms with E-state index in [1.807, 2.05) is 25.1 Å². The Balaban J connectivity index is 4.36. The second-order valence-electron chi connectivity index (χ2n) is 2.93. The summed E-state index contributed by atoms with van der Waals surface area (Å²) in [6.45, 7) is 7.87. The molecule has 0 saturated carbocycles. The second kappa shape index (κ2) is 4.78. The lowest BCUT2D eigenvalue weighted by Crippen LogP contribution is -2.08. The molecule has 0 saturated heterocycles. The van der Waals surface area contributed by atoms with Crippen LogP contribution < -0.4 is 0 Å². The summed E-state index contributed by atoms with van der Waals surface area (Å²) in [6, 6.07) is 0. The first kappa shape index (κ1) is 10.0. The highest BCUT2D eigenvalue weighted by Gasteiger charge is 1.89. The monoisotopic (exact) mass is 151 g/mol. The highest BCUT2D eigenvalue weighted by Crippen LogP contribution is 2.00. The Kier molecular flexibility index (Phi) is 4.35. The van der Waals surface area contributed by atoms with Crippen molar-refractivity contribution < 1.29 is 0 Å². The van der Waals surface area contributed by atoms with Crippen molar-refractivity contribution in [1.29, 1.82) is 0 Å². The Morgan fingerprint density at radius 2 is 1.73 bits per heavy atom. The minimum atomic E-state index is 1.13. The molecular weight excluding hydrogens is 134 g/mol. The van der Waals surface area contributed by atoms with Crippen LogP contribution in [0.4, 0.5) is 0 Å². The number of rotatable bonds is 3. The van der Waals surface area contributed by atoms with E-state index in [4.69, 9.17) is 0 Å². The van der Waals surface area contributed by atoms with E-state index in [2.05, 4.69) is 32.6 Å². The van der Waals surface area contributed by atoms with E-state index in [0.29, 0.717) is 0 Å². The first-order valence-corrected chi connectivity index (χ1v) is 3.73. The predicted molar refractivity (Wildman–Crippen MR) is 51.4 cm³/mol. The summed E-state index contributed by atoms with van der Waals surface area (Å²) in [5.74, 6) is 0. The van der Waals surface area contributed by atoms with Crippen LogP contribution >= 0.6 is 0 Å². The van der Waals surface area contributed by atoms with E-state index in [1.165, 1.54) is 5.57 Å². The highest BCUT2D eigenvalue weighted by atomic mass is 15.1. The minimum Gasteiger partial charge on any atom is -0.378 e. The molecule has 0 amide bonds. The molecule has 0 aromatic heterocycles. The van der Waals surface area contributed by atoms with Crippen molar-refractivity contribution in [2.45, 2.75) is 13.8 Å². The van der Waals surface area contributed by atoms with Crippen molar-refractivity contribution in [3.05, 3.63) is 36.1 Å². The molecule has 0 bridgehead atoms. The lowest BCUT2D eigenvalue weighted by atomic mass is 10.3. The number of hydrogen-bond donors (Lipinski definition) is 0. The molecule has 0 N–H and O–H groups in total. The lowest BCUT2D eigenvalue weighted by Gasteiger charge is -2.11. The van der Waals surface area contributed by atoms with Gasteiger partial charge in [0.05, 0.1) is 0 Å². The Labute approximate surface area is 69.7 Å². The van der Waals surface area contributed by atoms with Crippen LogP contribution in [0.5, 0.6) is 0 Å². The molecular formula is C10H17N. The van der Waals surface area contributed by atoms with Gasteiger partial charge in [-0.1, -0.05) is 18.2 Å². The van der Waals surface area contributed by atoms with Crippen LogP contribution in [0, 0.1) is 0 Å². The van der Waals surface area contributed by atoms with Gasteiger partial charge >= 0.3 is 0 Å². The highest BCUT2D eigenvalue weighted by molar-refractivity contribution is 5.21. The van der Waals surface area contributed by atoms with Crippen LogP contribution in [-0.2, 0) is 0 Å². The fourth-order valence-electron chi connectivity index (χ4n) is 0.652. The van der Waals surface area contributed by atoms with Crippen LogP contribution in [0.2, 0.25) is 0 Å². The van der Waals surface area contributed by atoms with Crippen LogP contribution in [0.1, 0.15) is 13.8 Å². The molecule has 0 aromatic carbocycles. The van der Waals surface area contributed by atoms with E-state index in [9.17, 15) is 0 Å². The fourth-order valence-corrected chi connectivity index (χ4v) is 0.652. The zero-order valence-corrected chi connectivity index (χ0v) is 7.89. The van der Waals surface area contributed by atoms with E-state index in [-0.39, 0.29) is 0 Å². The molecule has 0 aliphatic rings. The van der Waals surface area contributed by atoms with Gasteiger partial charge in [0.2, 0.25) is 0 Å². The average Bonchev–Trinajstić information content (AvgIpc) is 1.87. The third-order valence-corrected chi connectivity index (χ3v) is 1.31. The first-order valence-electron chi connectivity index (χ1n) is 3.73. The summed E-state index contributed by atoms with van der Waals surface area (Å²) in [6.07, 6.45) is 5.98. The molecule has 1 heteroatoms. The van der Waals surface area contributed by atoms with Crippen LogP contribution in [0.25, 0.3) is 0 Å². The van der Waals surface area contributed by atoms with Crippen molar-refractivity contribution in [3.8, 4) is 0 Å². The van der Waals surface area contributed by atoms with Crippen molar-refractivity contribution in [2.24, 2.45) is 0 Å². The molecule has 0 radical (unpaired) electrons. The molecule has 0 heterocycles. The van der Waals surface area contributed by atoms with Gasteiger partial charge in [0, 0.05) is 19.8 Å². The Morgan fingerprint density at radius 3 is 2.00 bits per heavy atom. The molecule has 0 aromatic rings. The largest absolute Gasteiger partial charge is 0.378 e. The smallest absolute Gasteiger partial charge is 0.0355 e. The Morgan fingerprint density at radius 1 is 1.18 bits per heavy atom. The molecule has 0 atom stereocenters. The van der Waals surface area contributed by atoms with Gasteiger partial charge in [-0.05, 0) is 26.0 Å². The number of likely N-dealkylation sites (N-methyl/N-ethyl adjacent to an activating group) is 1. The molecule has 1 nitrogen and oxygen atoms in total. The quantitative estimate of drug-likeness (QED) is 0.560. The summed E-state index contributed by atoms with van der Waals surface area (Å²) < 4.78 is 0. The van der Waals surface area contributed by atoms with Gasteiger partial charge in [-0.3, -0.25) is 0 Å². The third-order valence-electron chi connectivity index (χ3n) is 1.31. The summed E-state index contributed by atoms with van der Waals surface area (Å²) >= 11 is 0. The lowest BCUT2D eigenvalue weighted by molar-refractivity contribution is 0.530. The molecule has 0 rings (SSSR count). The normalized spacial score (nSPS) is 10.7. The molecule has 0 fully saturated rings. The molecule has 0 unspecified atom stereocenters. The van der Waals surface area contributed by atoms with Crippen LogP contribution in [0.3, 0.4) is 0 Å². The topological polar surface area (TPSA) is 3.24 Å². The Bertz CT molecular complexity index is 181. The fraction of sp³-hybridized carbons (Fsp3) is 0.400. The van der Waals surface area contributed by atoms with Crippen molar-refractivity contribution in [1.82, 2.24) is 4.90 Å². The Hall–Kier alpha value is -0.980. The molecule has 11 heavy (non-hydrogen) atoms. The van der Waals surface area contributed by atoms with Gasteiger partial charge in [0.25, 0.3) is 0 Å². The van der Waals surface area contributed by atoms with E-state index in [1.54, 1.807) is 0 Å².